The van der Waals surface area contributed by atoms with E-state index in [1.165, 1.54) is 11.3 Å². The number of hydrogen-bond acceptors (Lipinski definition) is 5. The zero-order valence-electron chi connectivity index (χ0n) is 11.0. The third kappa shape index (κ3) is 3.20. The van der Waals surface area contributed by atoms with Gasteiger partial charge >= 0.3 is 0 Å². The van der Waals surface area contributed by atoms with E-state index in [2.05, 4.69) is 25.6 Å². The molecule has 0 atom stereocenters. The summed E-state index contributed by atoms with van der Waals surface area (Å²) in [4.78, 5) is 4.95. The van der Waals surface area contributed by atoms with Gasteiger partial charge in [0.05, 0.1) is 0 Å². The van der Waals surface area contributed by atoms with Crippen molar-refractivity contribution in [1.82, 2.24) is 4.98 Å². The van der Waals surface area contributed by atoms with Crippen LogP contribution in [0.4, 0.5) is 5.82 Å². The van der Waals surface area contributed by atoms with Gasteiger partial charge in [0.2, 0.25) is 0 Å². The predicted octanol–water partition coefficient (Wildman–Crippen LogP) is 2.78. The van der Waals surface area contributed by atoms with Crippen LogP contribution in [0.15, 0.2) is 27.0 Å². The van der Waals surface area contributed by atoms with E-state index in [1.54, 1.807) is 25.3 Å². The van der Waals surface area contributed by atoms with E-state index in [9.17, 15) is 8.42 Å². The van der Waals surface area contributed by atoms with E-state index in [4.69, 9.17) is 5.73 Å². The molecule has 0 unspecified atom stereocenters. The first-order valence-electron chi connectivity index (χ1n) is 5.78. The number of aromatic nitrogens is 1. The highest BCUT2D eigenvalue weighted by atomic mass is 79.9. The Morgan fingerprint density at radius 2 is 2.05 bits per heavy atom. The number of anilines is 1. The van der Waals surface area contributed by atoms with Crippen LogP contribution in [0.1, 0.15) is 16.0 Å². The molecule has 8 heteroatoms. The van der Waals surface area contributed by atoms with Crippen molar-refractivity contribution in [2.75, 3.05) is 4.72 Å². The maximum atomic E-state index is 12.3. The maximum absolute atomic E-state index is 12.3. The average molecular weight is 376 g/mol. The quantitative estimate of drug-likeness (QED) is 0.859. The van der Waals surface area contributed by atoms with Crippen molar-refractivity contribution in [3.8, 4) is 0 Å². The van der Waals surface area contributed by atoms with Gasteiger partial charge in [-0.15, -0.1) is 11.3 Å². The highest BCUT2D eigenvalue weighted by Gasteiger charge is 2.20. The van der Waals surface area contributed by atoms with E-state index in [0.29, 0.717) is 12.4 Å². The van der Waals surface area contributed by atoms with Crippen LogP contribution in [0.25, 0.3) is 0 Å². The zero-order chi connectivity index (χ0) is 14.9. The number of nitrogens with zero attached hydrogens (tertiary/aromatic N) is 1. The minimum absolute atomic E-state index is 0.250. The van der Waals surface area contributed by atoms with Crippen molar-refractivity contribution in [3.63, 3.8) is 0 Å². The molecular weight excluding hydrogens is 362 g/mol. The molecule has 0 aliphatic heterocycles. The van der Waals surface area contributed by atoms with E-state index in [-0.39, 0.29) is 4.21 Å². The van der Waals surface area contributed by atoms with Crippen molar-refractivity contribution in [2.45, 2.75) is 24.6 Å². The molecule has 20 heavy (non-hydrogen) atoms. The van der Waals surface area contributed by atoms with Crippen LogP contribution in [-0.2, 0) is 16.6 Å². The molecule has 0 spiro atoms. The summed E-state index contributed by atoms with van der Waals surface area (Å²) in [6, 6.07) is 3.43. The Morgan fingerprint density at radius 1 is 1.35 bits per heavy atom. The number of nitrogens with one attached hydrogen (secondary N) is 1. The van der Waals surface area contributed by atoms with E-state index < -0.39 is 10.0 Å². The standard InChI is InChI=1S/C12H14BrN3O2S2/c1-7-4-11(19-10(7)5-14)20(17,18)16-12-8(2)3-9(13)6-15-12/h3-4,6H,5,14H2,1-2H3,(H,15,16). The van der Waals surface area contributed by atoms with Gasteiger partial charge in [-0.2, -0.15) is 0 Å². The summed E-state index contributed by atoms with van der Waals surface area (Å²) in [5.41, 5.74) is 7.21. The first-order valence-corrected chi connectivity index (χ1v) is 8.87. The lowest BCUT2D eigenvalue weighted by molar-refractivity contribution is 0.603. The molecule has 2 aromatic rings. The largest absolute Gasteiger partial charge is 0.326 e. The summed E-state index contributed by atoms with van der Waals surface area (Å²) in [5.74, 6) is 0.327. The Bertz CT molecular complexity index is 741. The SMILES string of the molecule is Cc1cc(Br)cnc1NS(=O)(=O)c1cc(C)c(CN)s1. The molecular formula is C12H14BrN3O2S2. The second-order valence-corrected chi connectivity index (χ2v) is 8.26. The van der Waals surface area contributed by atoms with Crippen LogP contribution in [0.3, 0.4) is 0 Å². The second-order valence-electron chi connectivity index (χ2n) is 4.30. The molecule has 5 nitrogen and oxygen atoms in total. The normalized spacial score (nSPS) is 11.6. The fraction of sp³-hybridized carbons (Fsp3) is 0.250. The van der Waals surface area contributed by atoms with Crippen molar-refractivity contribution >= 4 is 43.1 Å². The van der Waals surface area contributed by atoms with Crippen LogP contribution < -0.4 is 10.5 Å². The van der Waals surface area contributed by atoms with Crippen LogP contribution in [-0.4, -0.2) is 13.4 Å². The Balaban J connectivity index is 2.35. The number of pyridine rings is 1. The minimum Gasteiger partial charge on any atom is -0.326 e. The maximum Gasteiger partial charge on any atom is 0.272 e. The van der Waals surface area contributed by atoms with E-state index in [1.807, 2.05) is 6.92 Å². The fourth-order valence-corrected chi connectivity index (χ4v) is 4.64. The van der Waals surface area contributed by atoms with Crippen LogP contribution in [0, 0.1) is 13.8 Å². The summed E-state index contributed by atoms with van der Waals surface area (Å²) >= 11 is 4.47. The van der Waals surface area contributed by atoms with Gasteiger partial charge in [-0.1, -0.05) is 0 Å². The van der Waals surface area contributed by atoms with Crippen molar-refractivity contribution in [1.29, 1.82) is 0 Å². The third-order valence-electron chi connectivity index (χ3n) is 2.72. The number of thiophene rings is 1. The van der Waals surface area contributed by atoms with Gasteiger partial charge < -0.3 is 5.73 Å². The lowest BCUT2D eigenvalue weighted by atomic mass is 10.3. The Labute approximate surface area is 130 Å². The summed E-state index contributed by atoms with van der Waals surface area (Å²) < 4.78 is 28.2. The van der Waals surface area contributed by atoms with E-state index in [0.717, 1.165) is 20.5 Å². The van der Waals surface area contributed by atoms with Gasteiger partial charge in [-0.3, -0.25) is 4.72 Å². The topological polar surface area (TPSA) is 85.1 Å². The summed E-state index contributed by atoms with van der Waals surface area (Å²) in [6.45, 7) is 3.98. The molecule has 2 heterocycles. The number of sulfonamides is 1. The molecule has 0 saturated heterocycles. The molecule has 0 bridgehead atoms. The van der Waals surface area contributed by atoms with Crippen molar-refractivity contribution < 1.29 is 8.42 Å². The van der Waals surface area contributed by atoms with Gasteiger partial charge in [0.15, 0.2) is 0 Å². The summed E-state index contributed by atoms with van der Waals surface area (Å²) in [7, 11) is -3.63. The lowest BCUT2D eigenvalue weighted by Gasteiger charge is -2.08. The number of nitrogens with two attached hydrogens (primary N) is 1. The number of hydrogen-bond donors (Lipinski definition) is 2. The molecule has 0 aromatic carbocycles. The molecule has 0 fully saturated rings. The fourth-order valence-electron chi connectivity index (χ4n) is 1.65. The molecule has 108 valence electrons. The average Bonchev–Trinajstić information content (AvgIpc) is 2.75. The molecule has 0 radical (unpaired) electrons. The molecule has 0 aliphatic carbocycles. The molecule has 2 aromatic heterocycles. The van der Waals surface area contributed by atoms with Gasteiger partial charge in [0, 0.05) is 22.1 Å². The molecule has 0 amide bonds. The van der Waals surface area contributed by atoms with Gasteiger partial charge in [-0.05, 0) is 53.0 Å². The number of aryl methyl sites for hydroxylation is 2. The lowest BCUT2D eigenvalue weighted by Crippen LogP contribution is -2.13. The smallest absolute Gasteiger partial charge is 0.272 e. The number of rotatable bonds is 4. The van der Waals surface area contributed by atoms with Crippen molar-refractivity contribution in [2.24, 2.45) is 5.73 Å². The Hall–Kier alpha value is -0.960. The van der Waals surface area contributed by atoms with E-state index >= 15 is 0 Å². The minimum atomic E-state index is -3.63. The van der Waals surface area contributed by atoms with Gasteiger partial charge in [0.1, 0.15) is 10.0 Å². The molecule has 2 rings (SSSR count). The zero-order valence-corrected chi connectivity index (χ0v) is 14.2. The van der Waals surface area contributed by atoms with Gasteiger partial charge in [0.25, 0.3) is 10.0 Å². The monoisotopic (exact) mass is 375 g/mol. The predicted molar refractivity (Wildman–Crippen MR) is 84.4 cm³/mol. The highest BCUT2D eigenvalue weighted by molar-refractivity contribution is 9.10. The third-order valence-corrected chi connectivity index (χ3v) is 6.23. The summed E-state index contributed by atoms with van der Waals surface area (Å²) in [6.07, 6.45) is 1.55. The Morgan fingerprint density at radius 3 is 2.60 bits per heavy atom. The van der Waals surface area contributed by atoms with Crippen LogP contribution in [0.2, 0.25) is 0 Å². The number of halogens is 1. The molecule has 3 N–H and O–H groups in total. The van der Waals surface area contributed by atoms with Crippen molar-refractivity contribution in [3.05, 3.63) is 38.8 Å². The second kappa shape index (κ2) is 5.80. The highest BCUT2D eigenvalue weighted by Crippen LogP contribution is 2.28. The molecule has 0 saturated carbocycles. The van der Waals surface area contributed by atoms with Gasteiger partial charge in [-0.25, -0.2) is 13.4 Å². The summed E-state index contributed by atoms with van der Waals surface area (Å²) in [5, 5.41) is 0. The first-order chi connectivity index (χ1) is 9.33. The van der Waals surface area contributed by atoms with Crippen LogP contribution >= 0.6 is 27.3 Å². The van der Waals surface area contributed by atoms with Crippen LogP contribution in [0.5, 0.6) is 0 Å². The first kappa shape index (κ1) is 15.4. The molecule has 0 aliphatic rings. The Kier molecular flexibility index (Phi) is 4.48.